The highest BCUT2D eigenvalue weighted by Crippen LogP contribution is 2.30. The highest BCUT2D eigenvalue weighted by Gasteiger charge is 2.24. The fourth-order valence-corrected chi connectivity index (χ4v) is 3.94. The molecule has 3 aromatic rings. The summed E-state index contributed by atoms with van der Waals surface area (Å²) in [6, 6.07) is 11.0. The van der Waals surface area contributed by atoms with Crippen LogP contribution in [0.5, 0.6) is 11.5 Å². The quantitative estimate of drug-likeness (QED) is 0.544. The van der Waals surface area contributed by atoms with Gasteiger partial charge in [0.05, 0.1) is 28.8 Å². The second-order valence-electron chi connectivity index (χ2n) is 6.26. The van der Waals surface area contributed by atoms with Gasteiger partial charge in [-0.3, -0.25) is 4.79 Å². The average Bonchev–Trinajstić information content (AvgIpc) is 3.11. The number of amides is 1. The Morgan fingerprint density at radius 3 is 2.45 bits per heavy atom. The number of carbonyl (C=O) groups excluding carboxylic acids is 1. The van der Waals surface area contributed by atoms with E-state index in [2.05, 4.69) is 10.1 Å². The van der Waals surface area contributed by atoms with E-state index < -0.39 is 15.9 Å². The molecule has 1 aromatic heterocycles. The number of benzene rings is 2. The van der Waals surface area contributed by atoms with E-state index in [1.807, 2.05) is 4.72 Å². The van der Waals surface area contributed by atoms with Crippen LogP contribution in [-0.2, 0) is 10.0 Å². The van der Waals surface area contributed by atoms with Gasteiger partial charge in [0.1, 0.15) is 5.82 Å². The lowest BCUT2D eigenvalue weighted by Crippen LogP contribution is -2.31. The van der Waals surface area contributed by atoms with Crippen LogP contribution in [0.25, 0.3) is 5.69 Å². The van der Waals surface area contributed by atoms with Crippen molar-refractivity contribution in [1.82, 2.24) is 19.5 Å². The molecular formula is C20H21ClN4O5S. The van der Waals surface area contributed by atoms with Crippen molar-refractivity contribution < 1.29 is 22.7 Å². The molecule has 1 heterocycles. The minimum Gasteiger partial charge on any atom is -0.490 e. The van der Waals surface area contributed by atoms with E-state index in [1.54, 1.807) is 45.0 Å². The molecule has 1 N–H and O–H groups in total. The van der Waals surface area contributed by atoms with E-state index in [0.29, 0.717) is 35.5 Å². The minimum absolute atomic E-state index is 0.157. The number of carbonyl (C=O) groups is 1. The zero-order chi connectivity index (χ0) is 22.6. The van der Waals surface area contributed by atoms with Gasteiger partial charge in [-0.2, -0.15) is 0 Å². The zero-order valence-corrected chi connectivity index (χ0v) is 18.7. The number of hydrogen-bond acceptors (Lipinski definition) is 7. The summed E-state index contributed by atoms with van der Waals surface area (Å²) >= 11 is 6.17. The maximum atomic E-state index is 12.7. The van der Waals surface area contributed by atoms with Crippen molar-refractivity contribution in [2.24, 2.45) is 0 Å². The van der Waals surface area contributed by atoms with Gasteiger partial charge in [0.2, 0.25) is 5.82 Å². The highest BCUT2D eigenvalue weighted by atomic mass is 35.5. The third kappa shape index (κ3) is 4.97. The molecule has 0 aliphatic heterocycles. The van der Waals surface area contributed by atoms with Crippen molar-refractivity contribution >= 4 is 27.5 Å². The zero-order valence-electron chi connectivity index (χ0n) is 17.1. The Labute approximate surface area is 185 Å². The van der Waals surface area contributed by atoms with Gasteiger partial charge < -0.3 is 9.47 Å². The number of nitrogens with one attached hydrogen (secondary N) is 1. The molecule has 0 saturated carbocycles. The molecule has 0 bridgehead atoms. The van der Waals surface area contributed by atoms with Crippen molar-refractivity contribution in [1.29, 1.82) is 0 Å². The molecule has 164 valence electrons. The Bertz CT molecular complexity index is 1210. The molecule has 0 atom stereocenters. The Hall–Kier alpha value is -3.11. The number of aromatic nitrogens is 3. The fourth-order valence-electron chi connectivity index (χ4n) is 2.76. The summed E-state index contributed by atoms with van der Waals surface area (Å²) in [6.07, 6.45) is 0. The first-order valence-electron chi connectivity index (χ1n) is 9.42. The molecule has 9 nitrogen and oxygen atoms in total. The number of sulfonamides is 1. The van der Waals surface area contributed by atoms with E-state index in [0.717, 1.165) is 0 Å². The van der Waals surface area contributed by atoms with Crippen molar-refractivity contribution in [2.45, 2.75) is 25.7 Å². The summed E-state index contributed by atoms with van der Waals surface area (Å²) in [5, 5.41) is 4.51. The van der Waals surface area contributed by atoms with Crippen LogP contribution in [0, 0.1) is 6.92 Å². The van der Waals surface area contributed by atoms with Gasteiger partial charge in [-0.25, -0.2) is 22.8 Å². The van der Waals surface area contributed by atoms with Gasteiger partial charge >= 0.3 is 5.91 Å². The smallest absolute Gasteiger partial charge is 0.304 e. The first kappa shape index (κ1) is 22.6. The Balaban J connectivity index is 1.87. The van der Waals surface area contributed by atoms with Gasteiger partial charge in [-0.1, -0.05) is 23.7 Å². The van der Waals surface area contributed by atoms with E-state index in [-0.39, 0.29) is 16.5 Å². The van der Waals surface area contributed by atoms with Crippen LogP contribution in [0.2, 0.25) is 5.02 Å². The lowest BCUT2D eigenvalue weighted by atomic mass is 10.3. The average molecular weight is 465 g/mol. The molecule has 1 amide bonds. The molecule has 0 spiro atoms. The standard InChI is InChI=1S/C20H21ClN4O5S/c1-4-29-17-11-10-14(12-18(17)30-5-2)31(27,28)24-20(26)19-22-13(3)25(23-19)16-9-7-6-8-15(16)21/h6-12H,4-5H2,1-3H3,(H,24,26). The number of ether oxygens (including phenoxy) is 2. The largest absolute Gasteiger partial charge is 0.490 e. The number of para-hydroxylation sites is 1. The molecule has 3 rings (SSSR count). The number of aryl methyl sites for hydroxylation is 1. The minimum atomic E-state index is -4.21. The first-order valence-corrected chi connectivity index (χ1v) is 11.3. The van der Waals surface area contributed by atoms with Gasteiger partial charge in [0, 0.05) is 6.07 Å². The maximum absolute atomic E-state index is 12.7. The molecule has 0 saturated heterocycles. The summed E-state index contributed by atoms with van der Waals surface area (Å²) in [5.74, 6) is -0.241. The van der Waals surface area contributed by atoms with Gasteiger partial charge in [-0.05, 0) is 45.0 Å². The molecule has 2 aromatic carbocycles. The monoisotopic (exact) mass is 464 g/mol. The molecule has 0 unspecified atom stereocenters. The second-order valence-corrected chi connectivity index (χ2v) is 8.34. The fraction of sp³-hybridized carbons (Fsp3) is 0.250. The summed E-state index contributed by atoms with van der Waals surface area (Å²) in [7, 11) is -4.21. The van der Waals surface area contributed by atoms with Crippen LogP contribution in [0.4, 0.5) is 0 Å². The third-order valence-corrected chi connectivity index (χ3v) is 5.75. The number of hydrogen-bond donors (Lipinski definition) is 1. The van der Waals surface area contributed by atoms with E-state index in [9.17, 15) is 13.2 Å². The first-order chi connectivity index (χ1) is 14.8. The predicted molar refractivity (Wildman–Crippen MR) is 115 cm³/mol. The molecule has 0 aliphatic carbocycles. The van der Waals surface area contributed by atoms with Crippen molar-refractivity contribution in [3.8, 4) is 17.2 Å². The van der Waals surface area contributed by atoms with Gasteiger partial charge in [0.25, 0.3) is 10.0 Å². The molecular weight excluding hydrogens is 444 g/mol. The second kappa shape index (κ2) is 9.36. The molecule has 0 radical (unpaired) electrons. The summed E-state index contributed by atoms with van der Waals surface area (Å²) in [5.41, 5.74) is 0.518. The lowest BCUT2D eigenvalue weighted by molar-refractivity contribution is 0.0971. The normalized spacial score (nSPS) is 11.2. The van der Waals surface area contributed by atoms with Gasteiger partial charge in [0.15, 0.2) is 11.5 Å². The molecule has 0 aliphatic rings. The van der Waals surface area contributed by atoms with E-state index in [1.165, 1.54) is 22.9 Å². The summed E-state index contributed by atoms with van der Waals surface area (Å²) in [6.45, 7) is 5.91. The van der Waals surface area contributed by atoms with Crippen LogP contribution in [0.3, 0.4) is 0 Å². The number of nitrogens with zero attached hydrogens (tertiary/aromatic N) is 3. The number of halogens is 1. The number of rotatable bonds is 8. The molecule has 0 fully saturated rings. The van der Waals surface area contributed by atoms with Crippen LogP contribution >= 0.6 is 11.6 Å². The SMILES string of the molecule is CCOc1ccc(S(=O)(=O)NC(=O)c2nc(C)n(-c3ccccc3Cl)n2)cc1OCC. The van der Waals surface area contributed by atoms with E-state index in [4.69, 9.17) is 21.1 Å². The van der Waals surface area contributed by atoms with Crippen molar-refractivity contribution in [3.05, 3.63) is 59.1 Å². The van der Waals surface area contributed by atoms with Crippen molar-refractivity contribution in [2.75, 3.05) is 13.2 Å². The topological polar surface area (TPSA) is 112 Å². The summed E-state index contributed by atoms with van der Waals surface area (Å²) < 4.78 is 39.7. The van der Waals surface area contributed by atoms with E-state index >= 15 is 0 Å². The van der Waals surface area contributed by atoms with Crippen molar-refractivity contribution in [3.63, 3.8) is 0 Å². The molecule has 11 heteroatoms. The predicted octanol–water partition coefficient (Wildman–Crippen LogP) is 3.15. The van der Waals surface area contributed by atoms with Crippen LogP contribution in [-0.4, -0.2) is 42.3 Å². The Morgan fingerprint density at radius 2 is 1.77 bits per heavy atom. The lowest BCUT2D eigenvalue weighted by Gasteiger charge is -2.12. The Kier molecular flexibility index (Phi) is 6.81. The maximum Gasteiger partial charge on any atom is 0.304 e. The highest BCUT2D eigenvalue weighted by molar-refractivity contribution is 7.90. The van der Waals surface area contributed by atoms with Gasteiger partial charge in [-0.15, -0.1) is 5.10 Å². The van der Waals surface area contributed by atoms with Crippen LogP contribution in [0.1, 0.15) is 30.3 Å². The van der Waals surface area contributed by atoms with Crippen LogP contribution in [0.15, 0.2) is 47.4 Å². The third-order valence-electron chi connectivity index (χ3n) is 4.10. The summed E-state index contributed by atoms with van der Waals surface area (Å²) in [4.78, 5) is 16.5. The van der Waals surface area contributed by atoms with Crippen LogP contribution < -0.4 is 14.2 Å². The molecule has 31 heavy (non-hydrogen) atoms. The Morgan fingerprint density at radius 1 is 1.10 bits per heavy atom.